The molecule has 1 aromatic heterocycles. The van der Waals surface area contributed by atoms with E-state index in [9.17, 15) is 9.59 Å². The van der Waals surface area contributed by atoms with Crippen molar-refractivity contribution in [1.82, 2.24) is 5.32 Å². The molecule has 5 nitrogen and oxygen atoms in total. The third kappa shape index (κ3) is 3.78. The molecular weight excluding hydrogens is 366 g/mol. The van der Waals surface area contributed by atoms with E-state index in [1.165, 1.54) is 16.2 Å². The second-order valence-corrected chi connectivity index (χ2v) is 8.16. The van der Waals surface area contributed by atoms with E-state index in [0.29, 0.717) is 22.0 Å². The number of rotatable bonds is 3. The van der Waals surface area contributed by atoms with Crippen LogP contribution in [-0.2, 0) is 12.8 Å². The molecule has 0 radical (unpaired) electrons. The standard InChI is InChI=1S/C19H21N3O2S2/c1-10-7-8-13-14(9-10)26-18(15(13)16(20)23)22-19(25)21-17(24)12-6-4-3-5-11(12)2/h3-6,10H,7-9H2,1-2H3,(H2,20,23)(H2,21,22,24,25)/t10-/m1/s1. The van der Waals surface area contributed by atoms with E-state index in [2.05, 4.69) is 17.6 Å². The Morgan fingerprint density at radius 1 is 1.31 bits per heavy atom. The van der Waals surface area contributed by atoms with Crippen LogP contribution in [0.5, 0.6) is 0 Å². The van der Waals surface area contributed by atoms with Crippen molar-refractivity contribution in [2.75, 3.05) is 5.32 Å². The van der Waals surface area contributed by atoms with Gasteiger partial charge < -0.3 is 11.1 Å². The lowest BCUT2D eigenvalue weighted by atomic mass is 9.88. The number of hydrogen-bond acceptors (Lipinski definition) is 4. The topological polar surface area (TPSA) is 84.2 Å². The van der Waals surface area contributed by atoms with Gasteiger partial charge in [0.25, 0.3) is 11.8 Å². The zero-order chi connectivity index (χ0) is 18.8. The largest absolute Gasteiger partial charge is 0.365 e. The Hall–Kier alpha value is -2.25. The van der Waals surface area contributed by atoms with Crippen molar-refractivity contribution in [3.8, 4) is 0 Å². The first-order valence-electron chi connectivity index (χ1n) is 8.49. The maximum Gasteiger partial charge on any atom is 0.257 e. The molecule has 0 aliphatic heterocycles. The van der Waals surface area contributed by atoms with Crippen LogP contribution >= 0.6 is 23.6 Å². The first kappa shape index (κ1) is 18.5. The number of anilines is 1. The second kappa shape index (κ2) is 7.55. The molecule has 0 saturated carbocycles. The van der Waals surface area contributed by atoms with Gasteiger partial charge in [-0.2, -0.15) is 0 Å². The fraction of sp³-hybridized carbons (Fsp3) is 0.316. The van der Waals surface area contributed by atoms with Gasteiger partial charge in [-0.25, -0.2) is 0 Å². The van der Waals surface area contributed by atoms with Crippen LogP contribution < -0.4 is 16.4 Å². The minimum atomic E-state index is -0.465. The second-order valence-electron chi connectivity index (χ2n) is 6.64. The number of thiophene rings is 1. The number of carbonyl (C=O) groups is 2. The van der Waals surface area contributed by atoms with Crippen molar-refractivity contribution in [1.29, 1.82) is 0 Å². The number of aryl methyl sites for hydroxylation is 1. The number of carbonyl (C=O) groups excluding carboxylic acids is 2. The molecule has 26 heavy (non-hydrogen) atoms. The Balaban J connectivity index is 1.78. The molecule has 0 bridgehead atoms. The van der Waals surface area contributed by atoms with Crippen LogP contribution in [0.25, 0.3) is 0 Å². The molecular formula is C19H21N3O2S2. The van der Waals surface area contributed by atoms with Gasteiger partial charge in [0.1, 0.15) is 5.00 Å². The Morgan fingerprint density at radius 3 is 2.73 bits per heavy atom. The third-order valence-corrected chi connectivity index (χ3v) is 5.98. The molecule has 2 amide bonds. The molecule has 2 aromatic rings. The summed E-state index contributed by atoms with van der Waals surface area (Å²) in [5.41, 5.74) is 8.56. The lowest BCUT2D eigenvalue weighted by Crippen LogP contribution is -2.34. The average molecular weight is 388 g/mol. The lowest BCUT2D eigenvalue weighted by molar-refractivity contribution is 0.0975. The van der Waals surface area contributed by atoms with E-state index < -0.39 is 5.91 Å². The van der Waals surface area contributed by atoms with Gasteiger partial charge in [0, 0.05) is 10.4 Å². The number of fused-ring (bicyclic) bond motifs is 1. The molecule has 1 aromatic carbocycles. The highest BCUT2D eigenvalue weighted by atomic mass is 32.1. The molecule has 1 atom stereocenters. The van der Waals surface area contributed by atoms with Crippen molar-refractivity contribution >= 4 is 45.5 Å². The van der Waals surface area contributed by atoms with Gasteiger partial charge in [-0.3, -0.25) is 14.9 Å². The summed E-state index contributed by atoms with van der Waals surface area (Å²) in [7, 11) is 0. The van der Waals surface area contributed by atoms with Crippen LogP contribution in [0, 0.1) is 12.8 Å². The zero-order valence-corrected chi connectivity index (χ0v) is 16.4. The third-order valence-electron chi connectivity index (χ3n) is 4.60. The summed E-state index contributed by atoms with van der Waals surface area (Å²) in [5.74, 6) is -0.161. The summed E-state index contributed by atoms with van der Waals surface area (Å²) in [4.78, 5) is 25.5. The molecule has 0 spiro atoms. The van der Waals surface area contributed by atoms with E-state index in [4.69, 9.17) is 18.0 Å². The summed E-state index contributed by atoms with van der Waals surface area (Å²) in [5, 5.41) is 6.45. The number of hydrogen-bond donors (Lipinski definition) is 3. The van der Waals surface area contributed by atoms with Gasteiger partial charge in [-0.15, -0.1) is 11.3 Å². The van der Waals surface area contributed by atoms with Crippen LogP contribution in [0.4, 0.5) is 5.00 Å². The lowest BCUT2D eigenvalue weighted by Gasteiger charge is -2.18. The number of nitrogens with one attached hydrogen (secondary N) is 2. The fourth-order valence-electron chi connectivity index (χ4n) is 3.23. The Morgan fingerprint density at radius 2 is 2.04 bits per heavy atom. The van der Waals surface area contributed by atoms with Crippen molar-refractivity contribution in [2.45, 2.75) is 33.1 Å². The van der Waals surface area contributed by atoms with Crippen molar-refractivity contribution in [3.05, 3.63) is 51.4 Å². The molecule has 4 N–H and O–H groups in total. The summed E-state index contributed by atoms with van der Waals surface area (Å²) >= 11 is 6.77. The minimum Gasteiger partial charge on any atom is -0.365 e. The smallest absolute Gasteiger partial charge is 0.257 e. The first-order valence-corrected chi connectivity index (χ1v) is 9.71. The number of nitrogens with two attached hydrogens (primary N) is 1. The van der Waals surface area contributed by atoms with Crippen LogP contribution in [0.2, 0.25) is 0 Å². The summed E-state index contributed by atoms with van der Waals surface area (Å²) in [6, 6.07) is 7.29. The van der Waals surface area contributed by atoms with E-state index in [-0.39, 0.29) is 11.0 Å². The van der Waals surface area contributed by atoms with Crippen molar-refractivity contribution in [2.24, 2.45) is 11.7 Å². The van der Waals surface area contributed by atoms with Gasteiger partial charge in [0.05, 0.1) is 5.56 Å². The minimum absolute atomic E-state index is 0.160. The van der Waals surface area contributed by atoms with Crippen molar-refractivity contribution in [3.63, 3.8) is 0 Å². The van der Waals surface area contributed by atoms with E-state index in [0.717, 1.165) is 30.4 Å². The Bertz CT molecular complexity index is 889. The predicted octanol–water partition coefficient (Wildman–Crippen LogP) is 3.41. The molecule has 0 unspecified atom stereocenters. The van der Waals surface area contributed by atoms with Crippen LogP contribution in [0.15, 0.2) is 24.3 Å². The fourth-order valence-corrected chi connectivity index (χ4v) is 4.91. The maximum absolute atomic E-state index is 12.4. The average Bonchev–Trinajstić information content (AvgIpc) is 2.91. The first-order chi connectivity index (χ1) is 12.4. The monoisotopic (exact) mass is 387 g/mol. The summed E-state index contributed by atoms with van der Waals surface area (Å²) in [6.07, 6.45) is 2.82. The zero-order valence-electron chi connectivity index (χ0n) is 14.7. The SMILES string of the molecule is Cc1ccccc1C(=O)NC(=S)Nc1sc2c(c1C(N)=O)CC[C@@H](C)C2. The Labute approximate surface area is 162 Å². The molecule has 0 fully saturated rings. The Kier molecular flexibility index (Phi) is 5.38. The highest BCUT2D eigenvalue weighted by Gasteiger charge is 2.27. The highest BCUT2D eigenvalue weighted by Crippen LogP contribution is 2.39. The maximum atomic E-state index is 12.4. The van der Waals surface area contributed by atoms with Crippen LogP contribution in [0.1, 0.15) is 50.1 Å². The number of primary amides is 1. The van der Waals surface area contributed by atoms with Gasteiger partial charge in [0.15, 0.2) is 5.11 Å². The molecule has 136 valence electrons. The van der Waals surface area contributed by atoms with Crippen molar-refractivity contribution < 1.29 is 9.59 Å². The number of amides is 2. The summed E-state index contributed by atoms with van der Waals surface area (Å²) < 4.78 is 0. The quantitative estimate of drug-likeness (QED) is 0.705. The van der Waals surface area contributed by atoms with E-state index in [1.54, 1.807) is 12.1 Å². The number of benzene rings is 1. The van der Waals surface area contributed by atoms with Gasteiger partial charge in [-0.1, -0.05) is 25.1 Å². The van der Waals surface area contributed by atoms with Crippen LogP contribution in [-0.4, -0.2) is 16.9 Å². The molecule has 1 aliphatic carbocycles. The number of thiocarbonyl (C=S) groups is 1. The van der Waals surface area contributed by atoms with E-state index >= 15 is 0 Å². The van der Waals surface area contributed by atoms with E-state index in [1.807, 2.05) is 19.1 Å². The molecule has 1 heterocycles. The molecule has 0 saturated heterocycles. The van der Waals surface area contributed by atoms with Gasteiger partial charge >= 0.3 is 0 Å². The highest BCUT2D eigenvalue weighted by molar-refractivity contribution is 7.80. The van der Waals surface area contributed by atoms with Gasteiger partial charge in [-0.05, 0) is 61.5 Å². The summed E-state index contributed by atoms with van der Waals surface area (Å²) in [6.45, 7) is 4.07. The molecule has 7 heteroatoms. The van der Waals surface area contributed by atoms with Gasteiger partial charge in [0.2, 0.25) is 0 Å². The predicted molar refractivity (Wildman–Crippen MR) is 109 cm³/mol. The normalized spacial score (nSPS) is 15.8. The molecule has 3 rings (SSSR count). The van der Waals surface area contributed by atoms with Crippen LogP contribution in [0.3, 0.4) is 0 Å². The molecule has 1 aliphatic rings.